The molecule has 2 N–H and O–H groups in total. The van der Waals surface area contributed by atoms with Crippen molar-refractivity contribution in [3.8, 4) is 6.01 Å². The lowest BCUT2D eigenvalue weighted by Gasteiger charge is -2.18. The summed E-state index contributed by atoms with van der Waals surface area (Å²) in [5.41, 5.74) is 6.90. The molecular formula is C13H12Cl2FN3O. The monoisotopic (exact) mass is 315 g/mol. The van der Waals surface area contributed by atoms with Crippen LogP contribution in [0, 0.1) is 12.7 Å². The van der Waals surface area contributed by atoms with E-state index in [9.17, 15) is 4.39 Å². The average Bonchev–Trinajstić information content (AvgIpc) is 2.39. The van der Waals surface area contributed by atoms with Crippen molar-refractivity contribution < 1.29 is 9.13 Å². The molecule has 4 nitrogen and oxygen atoms in total. The smallest absolute Gasteiger partial charge is 0.319 e. The van der Waals surface area contributed by atoms with Crippen LogP contribution in [-0.2, 0) is 0 Å². The van der Waals surface area contributed by atoms with Gasteiger partial charge in [-0.2, -0.15) is 4.98 Å². The highest BCUT2D eigenvalue weighted by Gasteiger charge is 2.18. The predicted molar refractivity (Wildman–Crippen MR) is 76.6 cm³/mol. The van der Waals surface area contributed by atoms with Crippen molar-refractivity contribution in [1.29, 1.82) is 0 Å². The van der Waals surface area contributed by atoms with Gasteiger partial charge >= 0.3 is 6.01 Å². The number of halogens is 3. The first-order valence-electron chi connectivity index (χ1n) is 5.79. The van der Waals surface area contributed by atoms with E-state index in [1.165, 1.54) is 0 Å². The number of aromatic nitrogens is 2. The largest absolute Gasteiger partial charge is 0.455 e. The van der Waals surface area contributed by atoms with Gasteiger partial charge in [0.1, 0.15) is 6.10 Å². The van der Waals surface area contributed by atoms with E-state index in [4.69, 9.17) is 33.7 Å². The summed E-state index contributed by atoms with van der Waals surface area (Å²) in [6, 6.07) is 3.38. The highest BCUT2D eigenvalue weighted by atomic mass is 35.5. The van der Waals surface area contributed by atoms with Crippen LogP contribution < -0.4 is 10.5 Å². The van der Waals surface area contributed by atoms with Gasteiger partial charge in [0.05, 0.1) is 6.20 Å². The molecule has 7 heteroatoms. The van der Waals surface area contributed by atoms with Gasteiger partial charge in [0, 0.05) is 15.6 Å². The number of hydrogen-bond acceptors (Lipinski definition) is 4. The summed E-state index contributed by atoms with van der Waals surface area (Å²) in [7, 11) is 0. The summed E-state index contributed by atoms with van der Waals surface area (Å²) < 4.78 is 18.5. The van der Waals surface area contributed by atoms with Crippen LogP contribution in [0.15, 0.2) is 18.3 Å². The first-order chi connectivity index (χ1) is 9.40. The van der Waals surface area contributed by atoms with Crippen LogP contribution in [0.5, 0.6) is 6.01 Å². The minimum atomic E-state index is -0.693. The number of nitrogens with two attached hydrogens (primary N) is 1. The van der Waals surface area contributed by atoms with Crippen molar-refractivity contribution in [1.82, 2.24) is 9.97 Å². The third kappa shape index (κ3) is 2.94. The molecule has 0 amide bonds. The van der Waals surface area contributed by atoms with Gasteiger partial charge in [-0.3, -0.25) is 0 Å². The molecule has 2 aromatic rings. The Morgan fingerprint density at radius 1 is 1.30 bits per heavy atom. The van der Waals surface area contributed by atoms with Crippen molar-refractivity contribution in [2.24, 2.45) is 0 Å². The summed E-state index contributed by atoms with van der Waals surface area (Å²) in [6.45, 7) is 3.61. The fraction of sp³-hybridized carbons (Fsp3) is 0.231. The maximum absolute atomic E-state index is 13.0. The van der Waals surface area contributed by atoms with Gasteiger partial charge in [0.15, 0.2) is 11.6 Å². The topological polar surface area (TPSA) is 61.0 Å². The Morgan fingerprint density at radius 3 is 2.60 bits per heavy atom. The molecular weight excluding hydrogens is 304 g/mol. The molecule has 1 aromatic carbocycles. The highest BCUT2D eigenvalue weighted by Crippen LogP contribution is 2.33. The summed E-state index contributed by atoms with van der Waals surface area (Å²) >= 11 is 12.2. The van der Waals surface area contributed by atoms with Gasteiger partial charge in [-0.25, -0.2) is 9.37 Å². The van der Waals surface area contributed by atoms with Crippen LogP contribution in [0.1, 0.15) is 24.2 Å². The van der Waals surface area contributed by atoms with E-state index in [1.54, 1.807) is 19.1 Å². The summed E-state index contributed by atoms with van der Waals surface area (Å²) in [5, 5.41) is 1.11. The standard InChI is InChI=1S/C13H12Cl2FN3O/c1-6-8(14)3-4-9(15)11(6)7(2)20-13-18-5-10(16)12(17)19-13/h3-5,7H,1-2H3,(H2,17,18,19). The maximum Gasteiger partial charge on any atom is 0.319 e. The molecule has 0 saturated heterocycles. The molecule has 1 unspecified atom stereocenters. The van der Waals surface area contributed by atoms with E-state index >= 15 is 0 Å². The van der Waals surface area contributed by atoms with E-state index in [0.717, 1.165) is 17.3 Å². The van der Waals surface area contributed by atoms with Crippen molar-refractivity contribution in [2.45, 2.75) is 20.0 Å². The van der Waals surface area contributed by atoms with Gasteiger partial charge in [0.25, 0.3) is 0 Å². The summed E-state index contributed by atoms with van der Waals surface area (Å²) in [4.78, 5) is 7.44. The highest BCUT2D eigenvalue weighted by molar-refractivity contribution is 6.34. The van der Waals surface area contributed by atoms with Gasteiger partial charge in [-0.05, 0) is 31.5 Å². The average molecular weight is 316 g/mol. The Labute approximate surface area is 125 Å². The first kappa shape index (κ1) is 14.8. The van der Waals surface area contributed by atoms with Gasteiger partial charge < -0.3 is 10.5 Å². The molecule has 0 aliphatic rings. The lowest BCUT2D eigenvalue weighted by Crippen LogP contribution is -2.09. The van der Waals surface area contributed by atoms with Crippen LogP contribution in [0.3, 0.4) is 0 Å². The second-order valence-corrected chi connectivity index (χ2v) is 5.03. The minimum Gasteiger partial charge on any atom is -0.455 e. The molecule has 2 rings (SSSR count). The molecule has 1 atom stereocenters. The fourth-order valence-corrected chi connectivity index (χ4v) is 2.33. The molecule has 0 radical (unpaired) electrons. The van der Waals surface area contributed by atoms with E-state index in [-0.39, 0.29) is 11.8 Å². The molecule has 1 aromatic heterocycles. The van der Waals surface area contributed by atoms with Crippen LogP contribution in [0.2, 0.25) is 10.0 Å². The van der Waals surface area contributed by atoms with Gasteiger partial charge in [-0.1, -0.05) is 23.2 Å². The fourth-order valence-electron chi connectivity index (χ4n) is 1.81. The third-order valence-electron chi connectivity index (χ3n) is 2.83. The minimum absolute atomic E-state index is 0.0214. The molecule has 0 aliphatic heterocycles. The number of anilines is 1. The Balaban J connectivity index is 2.30. The van der Waals surface area contributed by atoms with Crippen LogP contribution in [0.25, 0.3) is 0 Å². The van der Waals surface area contributed by atoms with Gasteiger partial charge in [-0.15, -0.1) is 0 Å². The quantitative estimate of drug-likeness (QED) is 0.931. The van der Waals surface area contributed by atoms with Crippen molar-refractivity contribution in [3.05, 3.63) is 45.3 Å². The molecule has 0 bridgehead atoms. The maximum atomic E-state index is 13.0. The van der Waals surface area contributed by atoms with Crippen molar-refractivity contribution in [2.75, 3.05) is 5.73 Å². The lowest BCUT2D eigenvalue weighted by atomic mass is 10.0. The Morgan fingerprint density at radius 2 is 1.95 bits per heavy atom. The zero-order valence-corrected chi connectivity index (χ0v) is 12.3. The van der Waals surface area contributed by atoms with E-state index in [2.05, 4.69) is 9.97 Å². The molecule has 0 aliphatic carbocycles. The predicted octanol–water partition coefficient (Wildman–Crippen LogP) is 3.95. The van der Waals surface area contributed by atoms with E-state index in [0.29, 0.717) is 10.0 Å². The SMILES string of the molecule is Cc1c(Cl)ccc(Cl)c1C(C)Oc1ncc(F)c(N)n1. The van der Waals surface area contributed by atoms with Gasteiger partial charge in [0.2, 0.25) is 0 Å². The number of benzene rings is 1. The van der Waals surface area contributed by atoms with Crippen LogP contribution in [-0.4, -0.2) is 9.97 Å². The number of ether oxygens (including phenoxy) is 1. The second kappa shape index (κ2) is 5.81. The Bertz CT molecular complexity index is 652. The molecule has 0 saturated carbocycles. The van der Waals surface area contributed by atoms with Crippen LogP contribution in [0.4, 0.5) is 10.2 Å². The normalized spacial score (nSPS) is 12.2. The number of hydrogen-bond donors (Lipinski definition) is 1. The summed E-state index contributed by atoms with van der Waals surface area (Å²) in [5.74, 6) is -0.960. The van der Waals surface area contributed by atoms with Crippen molar-refractivity contribution >= 4 is 29.0 Å². The molecule has 20 heavy (non-hydrogen) atoms. The van der Waals surface area contributed by atoms with E-state index in [1.807, 2.05) is 6.92 Å². The van der Waals surface area contributed by atoms with Crippen LogP contribution >= 0.6 is 23.2 Å². The molecule has 0 fully saturated rings. The summed E-state index contributed by atoms with van der Waals surface area (Å²) in [6.07, 6.45) is 0.502. The first-order valence-corrected chi connectivity index (χ1v) is 6.55. The van der Waals surface area contributed by atoms with Crippen molar-refractivity contribution in [3.63, 3.8) is 0 Å². The number of nitrogen functional groups attached to an aromatic ring is 1. The Hall–Kier alpha value is -1.59. The molecule has 0 spiro atoms. The van der Waals surface area contributed by atoms with E-state index < -0.39 is 11.9 Å². The third-order valence-corrected chi connectivity index (χ3v) is 3.57. The second-order valence-electron chi connectivity index (χ2n) is 4.21. The number of rotatable bonds is 3. The Kier molecular flexibility index (Phi) is 4.30. The molecule has 106 valence electrons. The zero-order chi connectivity index (χ0) is 14.9. The zero-order valence-electron chi connectivity index (χ0n) is 10.8. The lowest BCUT2D eigenvalue weighted by molar-refractivity contribution is 0.206. The number of nitrogens with zero attached hydrogens (tertiary/aromatic N) is 2. The molecule has 1 heterocycles.